The Balaban J connectivity index is 3.00. The molecule has 5 heteroatoms. The van der Waals surface area contributed by atoms with Gasteiger partial charge in [0.05, 0.1) is 10.4 Å². The lowest BCUT2D eigenvalue weighted by Crippen LogP contribution is -2.59. The molecule has 4 nitrogen and oxygen atoms in total. The smallest absolute Gasteiger partial charge is 0.235 e. The maximum Gasteiger partial charge on any atom is 0.235 e. The molecule has 1 unspecified atom stereocenters. The van der Waals surface area contributed by atoms with Crippen molar-refractivity contribution in [3.8, 4) is 0 Å². The Morgan fingerprint density at radius 2 is 1.85 bits per heavy atom. The van der Waals surface area contributed by atoms with Crippen LogP contribution in [0.1, 0.15) is 46.5 Å². The van der Waals surface area contributed by atoms with E-state index in [9.17, 15) is 4.79 Å². The summed E-state index contributed by atoms with van der Waals surface area (Å²) in [4.78, 5) is 17.7. The molecular formula is C15H29N3OS. The van der Waals surface area contributed by atoms with E-state index >= 15 is 0 Å². The predicted molar refractivity (Wildman–Crippen MR) is 87.7 cm³/mol. The number of carbonyl (C=O) groups is 1. The van der Waals surface area contributed by atoms with Crippen molar-refractivity contribution < 1.29 is 4.79 Å². The van der Waals surface area contributed by atoms with E-state index in [0.717, 1.165) is 45.3 Å². The number of hydrogen-bond donors (Lipinski definition) is 1. The van der Waals surface area contributed by atoms with Crippen molar-refractivity contribution >= 4 is 23.1 Å². The second-order valence-electron chi connectivity index (χ2n) is 6.06. The zero-order valence-corrected chi connectivity index (χ0v) is 14.1. The maximum absolute atomic E-state index is 13.1. The van der Waals surface area contributed by atoms with Gasteiger partial charge in [0, 0.05) is 25.7 Å². The molecule has 1 amide bonds. The van der Waals surface area contributed by atoms with E-state index in [4.69, 9.17) is 18.0 Å². The molecule has 1 saturated heterocycles. The van der Waals surface area contributed by atoms with E-state index in [1.165, 1.54) is 0 Å². The number of carbonyl (C=O) groups excluding carboxylic acids is 1. The van der Waals surface area contributed by atoms with Crippen molar-refractivity contribution in [1.82, 2.24) is 9.80 Å². The van der Waals surface area contributed by atoms with Gasteiger partial charge in [0.15, 0.2) is 0 Å². The van der Waals surface area contributed by atoms with Crippen LogP contribution < -0.4 is 5.73 Å². The number of thiocarbonyl (C=S) groups is 1. The van der Waals surface area contributed by atoms with Crippen molar-refractivity contribution in [3.05, 3.63) is 0 Å². The minimum absolute atomic E-state index is 0.148. The quantitative estimate of drug-likeness (QED) is 0.762. The highest BCUT2D eigenvalue weighted by Gasteiger charge is 2.44. The van der Waals surface area contributed by atoms with Crippen molar-refractivity contribution in [3.63, 3.8) is 0 Å². The van der Waals surface area contributed by atoms with Gasteiger partial charge in [-0.1, -0.05) is 38.9 Å². The van der Waals surface area contributed by atoms with Crippen LogP contribution in [-0.4, -0.2) is 53.4 Å². The summed E-state index contributed by atoms with van der Waals surface area (Å²) in [6.45, 7) is 8.88. The van der Waals surface area contributed by atoms with Crippen molar-refractivity contribution in [2.75, 3.05) is 26.7 Å². The molecule has 0 aromatic carbocycles. The first kappa shape index (κ1) is 17.4. The first-order valence-corrected chi connectivity index (χ1v) is 8.09. The zero-order valence-electron chi connectivity index (χ0n) is 13.3. The third-order valence-corrected chi connectivity index (χ3v) is 4.72. The Hall–Kier alpha value is -0.680. The molecule has 0 spiro atoms. The predicted octanol–water partition coefficient (Wildman–Crippen LogP) is 2.02. The van der Waals surface area contributed by atoms with Crippen LogP contribution in [0.3, 0.4) is 0 Å². The van der Waals surface area contributed by atoms with E-state index in [2.05, 4.69) is 32.7 Å². The second kappa shape index (κ2) is 7.36. The number of hydrogen-bond acceptors (Lipinski definition) is 3. The Labute approximate surface area is 128 Å². The van der Waals surface area contributed by atoms with E-state index in [0.29, 0.717) is 4.99 Å². The summed E-state index contributed by atoms with van der Waals surface area (Å²) in [7, 11) is 2.09. The molecule has 0 saturated carbocycles. The third kappa shape index (κ3) is 3.50. The summed E-state index contributed by atoms with van der Waals surface area (Å²) in [6, 6.07) is 0.226. The highest BCUT2D eigenvalue weighted by molar-refractivity contribution is 7.80. The van der Waals surface area contributed by atoms with E-state index < -0.39 is 5.41 Å². The van der Waals surface area contributed by atoms with Crippen LogP contribution in [-0.2, 0) is 4.79 Å². The lowest BCUT2D eigenvalue weighted by Gasteiger charge is -2.43. The summed E-state index contributed by atoms with van der Waals surface area (Å²) in [5.74, 6) is 0.148. The number of piperazine rings is 1. The van der Waals surface area contributed by atoms with Gasteiger partial charge in [-0.2, -0.15) is 0 Å². The molecule has 1 aliphatic heterocycles. The van der Waals surface area contributed by atoms with Gasteiger partial charge in [0.1, 0.15) is 0 Å². The lowest BCUT2D eigenvalue weighted by atomic mass is 9.77. The number of nitrogens with two attached hydrogens (primary N) is 1. The average molecular weight is 299 g/mol. The fourth-order valence-corrected chi connectivity index (χ4v) is 3.55. The number of amides is 1. The molecule has 1 rings (SSSR count). The van der Waals surface area contributed by atoms with Crippen molar-refractivity contribution in [2.45, 2.75) is 52.5 Å². The lowest BCUT2D eigenvalue weighted by molar-refractivity contribution is -0.143. The minimum Gasteiger partial charge on any atom is -0.392 e. The molecule has 0 aliphatic carbocycles. The van der Waals surface area contributed by atoms with Gasteiger partial charge < -0.3 is 15.5 Å². The number of rotatable bonds is 6. The van der Waals surface area contributed by atoms with Crippen LogP contribution in [0.2, 0.25) is 0 Å². The standard InChI is InChI=1S/C15H29N3OS/c1-5-7-15(8-6-2,13(16)20)14(19)18-10-9-17(4)11-12(18)3/h12H,5-11H2,1-4H3,(H2,16,20). The van der Waals surface area contributed by atoms with Gasteiger partial charge in [-0.05, 0) is 26.8 Å². The molecule has 1 aliphatic rings. The summed E-state index contributed by atoms with van der Waals surface area (Å²) in [5, 5.41) is 0. The van der Waals surface area contributed by atoms with Crippen LogP contribution in [0.4, 0.5) is 0 Å². The summed E-state index contributed by atoms with van der Waals surface area (Å²) >= 11 is 5.29. The molecule has 2 N–H and O–H groups in total. The van der Waals surface area contributed by atoms with Crippen molar-refractivity contribution in [1.29, 1.82) is 0 Å². The molecule has 0 aromatic heterocycles. The van der Waals surface area contributed by atoms with E-state index in [1.54, 1.807) is 0 Å². The molecule has 0 bridgehead atoms. The Kier molecular flexibility index (Phi) is 6.40. The summed E-state index contributed by atoms with van der Waals surface area (Å²) in [6.07, 6.45) is 3.36. The van der Waals surface area contributed by atoms with Crippen LogP contribution in [0, 0.1) is 5.41 Å². The van der Waals surface area contributed by atoms with Crippen molar-refractivity contribution in [2.24, 2.45) is 11.1 Å². The largest absolute Gasteiger partial charge is 0.392 e. The monoisotopic (exact) mass is 299 g/mol. The van der Waals surface area contributed by atoms with Gasteiger partial charge in [-0.25, -0.2) is 0 Å². The molecule has 0 radical (unpaired) electrons. The molecule has 1 heterocycles. The maximum atomic E-state index is 13.1. The third-order valence-electron chi connectivity index (χ3n) is 4.33. The molecule has 116 valence electrons. The SMILES string of the molecule is CCCC(CCC)(C(=O)N1CCN(C)CC1C)C(N)=S. The highest BCUT2D eigenvalue weighted by atomic mass is 32.1. The summed E-state index contributed by atoms with van der Waals surface area (Å²) in [5.41, 5.74) is 5.36. The van der Waals surface area contributed by atoms with Gasteiger partial charge in [0.2, 0.25) is 5.91 Å². The molecular weight excluding hydrogens is 270 g/mol. The first-order chi connectivity index (χ1) is 9.39. The Morgan fingerprint density at radius 1 is 1.30 bits per heavy atom. The van der Waals surface area contributed by atoms with Crippen LogP contribution in [0.5, 0.6) is 0 Å². The van der Waals surface area contributed by atoms with Crippen LogP contribution in [0.25, 0.3) is 0 Å². The number of likely N-dealkylation sites (N-methyl/N-ethyl adjacent to an activating group) is 1. The second-order valence-corrected chi connectivity index (χ2v) is 6.50. The normalized spacial score (nSPS) is 21.0. The fourth-order valence-electron chi connectivity index (χ4n) is 3.26. The van der Waals surface area contributed by atoms with Gasteiger partial charge in [-0.3, -0.25) is 4.79 Å². The van der Waals surface area contributed by atoms with Gasteiger partial charge in [-0.15, -0.1) is 0 Å². The first-order valence-electron chi connectivity index (χ1n) is 7.68. The summed E-state index contributed by atoms with van der Waals surface area (Å²) < 4.78 is 0. The van der Waals surface area contributed by atoms with Gasteiger partial charge >= 0.3 is 0 Å². The molecule has 1 fully saturated rings. The van der Waals surface area contributed by atoms with Crippen LogP contribution >= 0.6 is 12.2 Å². The highest BCUT2D eigenvalue weighted by Crippen LogP contribution is 2.34. The number of nitrogens with zero attached hydrogens (tertiary/aromatic N) is 2. The fraction of sp³-hybridized carbons (Fsp3) is 0.867. The topological polar surface area (TPSA) is 49.6 Å². The minimum atomic E-state index is -0.636. The Bertz CT molecular complexity index is 353. The van der Waals surface area contributed by atoms with Gasteiger partial charge in [0.25, 0.3) is 0 Å². The molecule has 1 atom stereocenters. The molecule has 20 heavy (non-hydrogen) atoms. The molecule has 0 aromatic rings. The zero-order chi connectivity index (χ0) is 15.3. The van der Waals surface area contributed by atoms with E-state index in [1.807, 2.05) is 4.90 Å². The Morgan fingerprint density at radius 3 is 2.25 bits per heavy atom. The van der Waals surface area contributed by atoms with E-state index in [-0.39, 0.29) is 11.9 Å². The average Bonchev–Trinajstić information content (AvgIpc) is 2.37. The van der Waals surface area contributed by atoms with Crippen LogP contribution in [0.15, 0.2) is 0 Å².